The maximum Gasteiger partial charge on any atom is 0.266 e. The van der Waals surface area contributed by atoms with Crippen LogP contribution in [0, 0.1) is 29.2 Å². The largest absolute Gasteiger partial charge is 0.384 e. The Kier molecular flexibility index (Phi) is 6.54. The van der Waals surface area contributed by atoms with Gasteiger partial charge in [-0.1, -0.05) is 0 Å². The fourth-order valence-corrected chi connectivity index (χ4v) is 4.47. The number of anilines is 1. The molecule has 1 amide bonds. The Balaban J connectivity index is 1.72. The first kappa shape index (κ1) is 24.0. The van der Waals surface area contributed by atoms with Gasteiger partial charge < -0.3 is 10.4 Å². The van der Waals surface area contributed by atoms with E-state index in [1.54, 1.807) is 0 Å². The summed E-state index contributed by atoms with van der Waals surface area (Å²) in [5.74, 6) is -7.76. The summed E-state index contributed by atoms with van der Waals surface area (Å²) in [6.45, 7) is -0.346. The van der Waals surface area contributed by atoms with Crippen LogP contribution in [0.1, 0.15) is 23.2 Å². The number of nitrogens with one attached hydrogen (secondary N) is 2. The molecule has 0 atom stereocenters. The first-order valence-electron chi connectivity index (χ1n) is 9.08. The Morgan fingerprint density at radius 3 is 2.22 bits per heavy atom. The predicted octanol–water partition coefficient (Wildman–Crippen LogP) is 3.18. The highest BCUT2D eigenvalue weighted by Gasteiger charge is 2.49. The van der Waals surface area contributed by atoms with E-state index in [4.69, 9.17) is 0 Å². The summed E-state index contributed by atoms with van der Waals surface area (Å²) < 4.78 is 106. The molecule has 1 aliphatic rings. The quantitative estimate of drug-likeness (QED) is 0.417. The monoisotopic (exact) mass is 482 g/mol. The zero-order valence-electron chi connectivity index (χ0n) is 16.0. The van der Waals surface area contributed by atoms with Gasteiger partial charge in [0.2, 0.25) is 10.0 Å². The molecule has 0 saturated heterocycles. The molecule has 1 aliphatic carbocycles. The summed E-state index contributed by atoms with van der Waals surface area (Å²) in [6.07, 6.45) is -3.67. The highest BCUT2D eigenvalue weighted by atomic mass is 32.2. The Morgan fingerprint density at radius 1 is 1.06 bits per heavy atom. The molecule has 6 nitrogen and oxygen atoms in total. The Bertz CT molecular complexity index is 1130. The van der Waals surface area contributed by atoms with Crippen molar-refractivity contribution in [3.8, 4) is 0 Å². The van der Waals surface area contributed by atoms with Crippen LogP contribution in [-0.2, 0) is 10.0 Å². The van der Waals surface area contributed by atoms with Crippen molar-refractivity contribution in [1.82, 2.24) is 4.72 Å². The molecule has 0 unspecified atom stereocenters. The van der Waals surface area contributed by atoms with Crippen molar-refractivity contribution in [2.24, 2.45) is 5.92 Å². The minimum absolute atomic E-state index is 0.344. The predicted molar refractivity (Wildman–Crippen MR) is 99.5 cm³/mol. The first-order valence-corrected chi connectivity index (χ1v) is 10.6. The molecular formula is C19H16F6N2O4S. The van der Waals surface area contributed by atoms with Crippen LogP contribution in [0.5, 0.6) is 0 Å². The van der Waals surface area contributed by atoms with E-state index in [1.165, 1.54) is 0 Å². The number of aliphatic hydroxyl groups is 1. The second-order valence-corrected chi connectivity index (χ2v) is 9.12. The zero-order chi connectivity index (χ0) is 23.8. The Labute approximate surface area is 178 Å². The smallest absolute Gasteiger partial charge is 0.266 e. The van der Waals surface area contributed by atoms with Gasteiger partial charge in [-0.15, -0.1) is 0 Å². The molecule has 0 heterocycles. The van der Waals surface area contributed by atoms with Crippen LogP contribution in [0.25, 0.3) is 0 Å². The average molecular weight is 482 g/mol. The number of carbonyl (C=O) groups excluding carboxylic acids is 1. The summed E-state index contributed by atoms with van der Waals surface area (Å²) in [7, 11) is -4.51. The third kappa shape index (κ3) is 4.89. The molecule has 1 saturated carbocycles. The topological polar surface area (TPSA) is 95.5 Å². The molecule has 3 N–H and O–H groups in total. The van der Waals surface area contributed by atoms with Gasteiger partial charge in [-0.2, -0.15) is 0 Å². The molecule has 1 fully saturated rings. The van der Waals surface area contributed by atoms with Gasteiger partial charge >= 0.3 is 0 Å². The molecule has 3 rings (SSSR count). The number of halogens is 6. The van der Waals surface area contributed by atoms with E-state index >= 15 is 0 Å². The Hall–Kier alpha value is -2.64. The second kappa shape index (κ2) is 8.71. The van der Waals surface area contributed by atoms with Gasteiger partial charge in [0.25, 0.3) is 12.3 Å². The lowest BCUT2D eigenvalue weighted by molar-refractivity contribution is -0.166. The maximum atomic E-state index is 14.1. The SMILES string of the molecule is O=C(Nc1cc(F)c(F)c(F)c1)c1ccc(F)c(S(=O)(=O)NCC2CC(O)(C(F)F)C2)c1. The van der Waals surface area contributed by atoms with Crippen molar-refractivity contribution in [1.29, 1.82) is 0 Å². The number of amides is 1. The normalized spacial score (nSPS) is 20.8. The molecular weight excluding hydrogens is 466 g/mol. The van der Waals surface area contributed by atoms with Crippen LogP contribution in [-0.4, -0.2) is 38.0 Å². The summed E-state index contributed by atoms with van der Waals surface area (Å²) in [5, 5.41) is 11.5. The van der Waals surface area contributed by atoms with E-state index in [-0.39, 0.29) is 19.4 Å². The zero-order valence-corrected chi connectivity index (χ0v) is 16.8. The summed E-state index contributed by atoms with van der Waals surface area (Å²) in [5.41, 5.74) is -3.04. The van der Waals surface area contributed by atoms with Crippen LogP contribution in [0.3, 0.4) is 0 Å². The third-order valence-electron chi connectivity index (χ3n) is 4.98. The van der Waals surface area contributed by atoms with Crippen molar-refractivity contribution >= 4 is 21.6 Å². The van der Waals surface area contributed by atoms with Gasteiger partial charge in [0.05, 0.1) is 0 Å². The molecule has 0 bridgehead atoms. The van der Waals surface area contributed by atoms with Crippen molar-refractivity contribution in [2.45, 2.75) is 29.8 Å². The molecule has 174 valence electrons. The fourth-order valence-electron chi connectivity index (χ4n) is 3.25. The van der Waals surface area contributed by atoms with Gasteiger partial charge in [0.15, 0.2) is 17.5 Å². The molecule has 0 aromatic heterocycles. The minimum atomic E-state index is -4.51. The van der Waals surface area contributed by atoms with Crippen LogP contribution in [0.15, 0.2) is 35.2 Å². The lowest BCUT2D eigenvalue weighted by Gasteiger charge is -2.42. The second-order valence-electron chi connectivity index (χ2n) is 7.38. The van der Waals surface area contributed by atoms with Crippen LogP contribution in [0.4, 0.5) is 32.0 Å². The van der Waals surface area contributed by atoms with Gasteiger partial charge in [-0.25, -0.2) is 39.5 Å². The number of carbonyl (C=O) groups is 1. The molecule has 0 radical (unpaired) electrons. The molecule has 32 heavy (non-hydrogen) atoms. The van der Waals surface area contributed by atoms with E-state index in [0.29, 0.717) is 24.3 Å². The molecule has 0 spiro atoms. The van der Waals surface area contributed by atoms with E-state index in [9.17, 15) is 44.7 Å². The Morgan fingerprint density at radius 2 is 1.66 bits per heavy atom. The van der Waals surface area contributed by atoms with E-state index in [2.05, 4.69) is 0 Å². The highest BCUT2D eigenvalue weighted by Crippen LogP contribution is 2.41. The van der Waals surface area contributed by atoms with Crippen LogP contribution < -0.4 is 10.0 Å². The number of sulfonamides is 1. The van der Waals surface area contributed by atoms with Gasteiger partial charge in [0, 0.05) is 29.9 Å². The van der Waals surface area contributed by atoms with Gasteiger partial charge in [-0.05, 0) is 37.0 Å². The summed E-state index contributed by atoms with van der Waals surface area (Å²) in [6, 6.07) is 3.25. The van der Waals surface area contributed by atoms with Crippen molar-refractivity contribution < 1.29 is 44.7 Å². The number of benzene rings is 2. The molecule has 2 aromatic rings. The van der Waals surface area contributed by atoms with E-state index < -0.39 is 73.3 Å². The molecule has 13 heteroatoms. The standard InChI is InChI=1S/C19H16F6N2O4S/c20-12-2-1-10(17(28)27-11-4-13(21)16(23)14(22)5-11)3-15(12)32(30,31)26-8-9-6-19(29,7-9)18(24)25/h1-5,9,18,26,29H,6-8H2,(H,27,28). The highest BCUT2D eigenvalue weighted by molar-refractivity contribution is 7.89. The lowest BCUT2D eigenvalue weighted by atomic mass is 9.71. The number of hydrogen-bond donors (Lipinski definition) is 3. The maximum absolute atomic E-state index is 14.1. The number of rotatable bonds is 7. The van der Waals surface area contributed by atoms with E-state index in [1.807, 2.05) is 10.0 Å². The van der Waals surface area contributed by atoms with Gasteiger partial charge in [-0.3, -0.25) is 4.79 Å². The number of alkyl halides is 2. The third-order valence-corrected chi connectivity index (χ3v) is 6.42. The van der Waals surface area contributed by atoms with Crippen LogP contribution >= 0.6 is 0 Å². The van der Waals surface area contributed by atoms with Crippen molar-refractivity contribution in [2.75, 3.05) is 11.9 Å². The van der Waals surface area contributed by atoms with Crippen molar-refractivity contribution in [3.05, 3.63) is 59.2 Å². The first-order chi connectivity index (χ1) is 14.8. The molecule has 2 aromatic carbocycles. The minimum Gasteiger partial charge on any atom is -0.384 e. The number of hydrogen-bond acceptors (Lipinski definition) is 4. The molecule has 0 aliphatic heterocycles. The summed E-state index contributed by atoms with van der Waals surface area (Å²) >= 11 is 0. The van der Waals surface area contributed by atoms with Crippen LogP contribution in [0.2, 0.25) is 0 Å². The lowest BCUT2D eigenvalue weighted by Crippen LogP contribution is -2.52. The average Bonchev–Trinajstić information content (AvgIpc) is 2.68. The fraction of sp³-hybridized carbons (Fsp3) is 0.316. The van der Waals surface area contributed by atoms with E-state index in [0.717, 1.165) is 6.07 Å². The van der Waals surface area contributed by atoms with Crippen molar-refractivity contribution in [3.63, 3.8) is 0 Å². The summed E-state index contributed by atoms with van der Waals surface area (Å²) in [4.78, 5) is 11.4. The van der Waals surface area contributed by atoms with Gasteiger partial charge in [0.1, 0.15) is 16.3 Å².